The van der Waals surface area contributed by atoms with E-state index in [0.29, 0.717) is 0 Å². The van der Waals surface area contributed by atoms with E-state index in [1.807, 2.05) is 0 Å². The lowest BCUT2D eigenvalue weighted by atomic mass is 9.62. The molecule has 0 aromatic rings. The minimum absolute atomic E-state index is 0.0507. The average molecular weight is 228 g/mol. The Morgan fingerprint density at radius 2 is 1.81 bits per heavy atom. The average Bonchev–Trinajstić information content (AvgIpc) is 2.65. The molecule has 0 unspecified atom stereocenters. The molecule has 1 fully saturated rings. The van der Waals surface area contributed by atoms with Crippen molar-refractivity contribution < 1.29 is 19.4 Å². The number of carbonyl (C=O) groups is 2. The zero-order valence-corrected chi connectivity index (χ0v) is 10.2. The van der Waals surface area contributed by atoms with Crippen LogP contribution in [0.15, 0.2) is 0 Å². The molecule has 1 N–H and O–H groups in total. The maximum Gasteiger partial charge on any atom is 0.311 e. The number of methoxy groups -OCH3 is 1. The molecule has 16 heavy (non-hydrogen) atoms. The highest BCUT2D eigenvalue weighted by Crippen LogP contribution is 2.54. The Labute approximate surface area is 96.0 Å². The number of carbonyl (C=O) groups excluding carboxylic acids is 1. The summed E-state index contributed by atoms with van der Waals surface area (Å²) in [5, 5.41) is 9.00. The lowest BCUT2D eigenvalue weighted by molar-refractivity contribution is -0.162. The molecule has 1 rings (SSSR count). The molecular formula is C12H20O4. The predicted molar refractivity (Wildman–Crippen MR) is 59.0 cm³/mol. The molecule has 0 bridgehead atoms. The summed E-state index contributed by atoms with van der Waals surface area (Å²) in [4.78, 5) is 22.8. The van der Waals surface area contributed by atoms with Crippen LogP contribution in [0.4, 0.5) is 0 Å². The Hall–Kier alpha value is -1.06. The van der Waals surface area contributed by atoms with E-state index in [2.05, 4.69) is 0 Å². The van der Waals surface area contributed by atoms with Crippen LogP contribution in [0.25, 0.3) is 0 Å². The van der Waals surface area contributed by atoms with Crippen molar-refractivity contribution in [2.45, 2.75) is 46.0 Å². The van der Waals surface area contributed by atoms with Crippen LogP contribution >= 0.6 is 0 Å². The van der Waals surface area contributed by atoms with Crippen LogP contribution in [0.1, 0.15) is 46.0 Å². The van der Waals surface area contributed by atoms with Crippen LogP contribution in [0.5, 0.6) is 0 Å². The summed E-state index contributed by atoms with van der Waals surface area (Å²) in [6.07, 6.45) is 3.62. The highest BCUT2D eigenvalue weighted by molar-refractivity contribution is 5.78. The number of aliphatic carboxylic acids is 1. The smallest absolute Gasteiger partial charge is 0.311 e. The van der Waals surface area contributed by atoms with Gasteiger partial charge in [0.2, 0.25) is 0 Å². The first kappa shape index (κ1) is 13.0. The Morgan fingerprint density at radius 1 is 1.31 bits per heavy atom. The topological polar surface area (TPSA) is 63.6 Å². The molecule has 4 nitrogen and oxygen atoms in total. The molecule has 0 radical (unpaired) electrons. The number of carboxylic acids is 1. The van der Waals surface area contributed by atoms with E-state index in [4.69, 9.17) is 9.84 Å². The fourth-order valence-electron chi connectivity index (χ4n) is 2.84. The van der Waals surface area contributed by atoms with E-state index in [1.54, 1.807) is 13.8 Å². The summed E-state index contributed by atoms with van der Waals surface area (Å²) >= 11 is 0. The molecule has 92 valence electrons. The first-order valence-electron chi connectivity index (χ1n) is 5.66. The summed E-state index contributed by atoms with van der Waals surface area (Å²) in [6.45, 7) is 3.60. The third-order valence-corrected chi connectivity index (χ3v) is 4.07. The standard InChI is InChI=1S/C12H20O4/c1-11(2,10(15)16-3)12(8-9(13)14)6-4-5-7-12/h4-8H2,1-3H3,(H,13,14). The molecule has 0 aromatic heterocycles. The number of ether oxygens (including phenoxy) is 1. The van der Waals surface area contributed by atoms with Gasteiger partial charge in [-0.2, -0.15) is 0 Å². The number of esters is 1. The maximum absolute atomic E-state index is 11.8. The maximum atomic E-state index is 11.8. The van der Waals surface area contributed by atoms with Gasteiger partial charge in [0.05, 0.1) is 18.9 Å². The highest BCUT2D eigenvalue weighted by Gasteiger charge is 2.52. The first-order chi connectivity index (χ1) is 7.35. The molecule has 1 aliphatic carbocycles. The van der Waals surface area contributed by atoms with E-state index in [9.17, 15) is 9.59 Å². The summed E-state index contributed by atoms with van der Waals surface area (Å²) in [5.41, 5.74) is -1.16. The van der Waals surface area contributed by atoms with E-state index in [-0.39, 0.29) is 12.4 Å². The highest BCUT2D eigenvalue weighted by atomic mass is 16.5. The van der Waals surface area contributed by atoms with Crippen molar-refractivity contribution in [2.75, 3.05) is 7.11 Å². The molecule has 0 atom stereocenters. The molecule has 0 amide bonds. The quantitative estimate of drug-likeness (QED) is 0.749. The minimum atomic E-state index is -0.834. The van der Waals surface area contributed by atoms with Crippen LogP contribution in [0, 0.1) is 10.8 Å². The molecule has 0 spiro atoms. The fraction of sp³-hybridized carbons (Fsp3) is 0.833. The van der Waals surface area contributed by atoms with Gasteiger partial charge in [-0.1, -0.05) is 12.8 Å². The number of rotatable bonds is 4. The second-order valence-electron chi connectivity index (χ2n) is 5.17. The van der Waals surface area contributed by atoms with Gasteiger partial charge >= 0.3 is 11.9 Å². The lowest BCUT2D eigenvalue weighted by Gasteiger charge is -2.41. The van der Waals surface area contributed by atoms with E-state index >= 15 is 0 Å². The van der Waals surface area contributed by atoms with Crippen LogP contribution in [-0.4, -0.2) is 24.2 Å². The summed E-state index contributed by atoms with van der Waals surface area (Å²) < 4.78 is 4.80. The van der Waals surface area contributed by atoms with Crippen LogP contribution < -0.4 is 0 Å². The zero-order valence-electron chi connectivity index (χ0n) is 10.2. The third-order valence-electron chi connectivity index (χ3n) is 4.07. The van der Waals surface area contributed by atoms with Gasteiger partial charge in [-0.25, -0.2) is 0 Å². The SMILES string of the molecule is COC(=O)C(C)(C)C1(CC(=O)O)CCCC1. The van der Waals surface area contributed by atoms with Crippen molar-refractivity contribution in [3.63, 3.8) is 0 Å². The number of carboxylic acid groups (broad SMARTS) is 1. The molecule has 0 aromatic carbocycles. The van der Waals surface area contributed by atoms with Crippen molar-refractivity contribution in [2.24, 2.45) is 10.8 Å². The van der Waals surface area contributed by atoms with Crippen LogP contribution in [0.2, 0.25) is 0 Å². The van der Waals surface area contributed by atoms with E-state index < -0.39 is 16.8 Å². The molecule has 0 aliphatic heterocycles. The molecule has 0 saturated heterocycles. The largest absolute Gasteiger partial charge is 0.481 e. The van der Waals surface area contributed by atoms with Crippen molar-refractivity contribution >= 4 is 11.9 Å². The van der Waals surface area contributed by atoms with Crippen LogP contribution in [0.3, 0.4) is 0 Å². The second-order valence-corrected chi connectivity index (χ2v) is 5.17. The van der Waals surface area contributed by atoms with Gasteiger partial charge in [-0.15, -0.1) is 0 Å². The Morgan fingerprint density at radius 3 is 2.19 bits per heavy atom. The van der Waals surface area contributed by atoms with Gasteiger partial charge in [0.1, 0.15) is 0 Å². The van der Waals surface area contributed by atoms with Gasteiger partial charge in [0.25, 0.3) is 0 Å². The van der Waals surface area contributed by atoms with Gasteiger partial charge in [0.15, 0.2) is 0 Å². The van der Waals surface area contributed by atoms with Crippen LogP contribution in [-0.2, 0) is 14.3 Å². The third kappa shape index (κ3) is 2.06. The van der Waals surface area contributed by atoms with Crippen molar-refractivity contribution in [3.8, 4) is 0 Å². The lowest BCUT2D eigenvalue weighted by Crippen LogP contribution is -2.44. The molecule has 1 aliphatic rings. The van der Waals surface area contributed by atoms with Gasteiger partial charge in [-0.05, 0) is 32.1 Å². The van der Waals surface area contributed by atoms with Gasteiger partial charge in [0, 0.05) is 0 Å². The molecule has 1 saturated carbocycles. The minimum Gasteiger partial charge on any atom is -0.481 e. The Bertz CT molecular complexity index is 287. The van der Waals surface area contributed by atoms with Crippen molar-refractivity contribution in [3.05, 3.63) is 0 Å². The first-order valence-corrected chi connectivity index (χ1v) is 5.66. The van der Waals surface area contributed by atoms with Gasteiger partial charge < -0.3 is 9.84 Å². The Kier molecular flexibility index (Phi) is 3.61. The number of hydrogen-bond acceptors (Lipinski definition) is 3. The summed E-state index contributed by atoms with van der Waals surface area (Å²) in [5.74, 6) is -1.14. The fourth-order valence-corrected chi connectivity index (χ4v) is 2.84. The summed E-state index contributed by atoms with van der Waals surface area (Å²) in [7, 11) is 1.35. The van der Waals surface area contributed by atoms with Gasteiger partial charge in [-0.3, -0.25) is 9.59 Å². The Balaban J connectivity index is 3.00. The number of hydrogen-bond donors (Lipinski definition) is 1. The molecule has 0 heterocycles. The van der Waals surface area contributed by atoms with Crippen molar-refractivity contribution in [1.29, 1.82) is 0 Å². The predicted octanol–water partition coefficient (Wildman–Crippen LogP) is 2.22. The monoisotopic (exact) mass is 228 g/mol. The van der Waals surface area contributed by atoms with E-state index in [0.717, 1.165) is 25.7 Å². The normalized spacial score (nSPS) is 19.4. The van der Waals surface area contributed by atoms with E-state index in [1.165, 1.54) is 7.11 Å². The second kappa shape index (κ2) is 4.44. The molecular weight excluding hydrogens is 208 g/mol. The molecule has 4 heteroatoms. The van der Waals surface area contributed by atoms with Crippen molar-refractivity contribution in [1.82, 2.24) is 0 Å². The summed E-state index contributed by atoms with van der Waals surface area (Å²) in [6, 6.07) is 0. The zero-order chi connectivity index (χ0) is 12.4.